The molecule has 2 fully saturated rings. The van der Waals surface area contributed by atoms with Crippen molar-refractivity contribution in [2.45, 2.75) is 44.2 Å². The van der Waals surface area contributed by atoms with Crippen LogP contribution in [0.3, 0.4) is 0 Å². The average Bonchev–Trinajstić information content (AvgIpc) is 2.15. The molecule has 0 bridgehead atoms. The lowest BCUT2D eigenvalue weighted by Crippen LogP contribution is -2.65. The molecule has 1 aliphatic heterocycles. The van der Waals surface area contributed by atoms with Crippen molar-refractivity contribution < 1.29 is 9.90 Å². The number of hydrogen-bond acceptors (Lipinski definition) is 2. The van der Waals surface area contributed by atoms with Gasteiger partial charge in [-0.15, -0.1) is 0 Å². The highest BCUT2D eigenvalue weighted by atomic mass is 16.3. The summed E-state index contributed by atoms with van der Waals surface area (Å²) in [5, 5.41) is 12.1. The normalized spacial score (nSPS) is 37.2. The second-order valence-corrected chi connectivity index (χ2v) is 3.88. The van der Waals surface area contributed by atoms with Gasteiger partial charge in [0.15, 0.2) is 6.10 Å². The van der Waals surface area contributed by atoms with Crippen LogP contribution in [-0.2, 0) is 4.79 Å². The summed E-state index contributed by atoms with van der Waals surface area (Å²) in [5.41, 5.74) is 0. The molecule has 2 atom stereocenters. The number of carbonyl (C=O) groups is 1. The maximum atomic E-state index is 10.7. The second-order valence-electron chi connectivity index (χ2n) is 3.88. The summed E-state index contributed by atoms with van der Waals surface area (Å²) >= 11 is 0. The van der Waals surface area contributed by atoms with E-state index in [0.717, 1.165) is 0 Å². The van der Waals surface area contributed by atoms with Crippen molar-refractivity contribution in [3.8, 4) is 0 Å². The number of hydrogen-bond donors (Lipinski definition) is 2. The molecular formula is C9H15NO2. The van der Waals surface area contributed by atoms with Crippen LogP contribution in [0, 0.1) is 5.92 Å². The molecular weight excluding hydrogens is 154 g/mol. The van der Waals surface area contributed by atoms with Gasteiger partial charge in [-0.2, -0.15) is 0 Å². The van der Waals surface area contributed by atoms with E-state index >= 15 is 0 Å². The molecule has 2 aliphatic rings. The molecule has 2 N–H and O–H groups in total. The summed E-state index contributed by atoms with van der Waals surface area (Å²) < 4.78 is 0. The van der Waals surface area contributed by atoms with E-state index < -0.39 is 6.10 Å². The van der Waals surface area contributed by atoms with Crippen molar-refractivity contribution >= 4 is 5.91 Å². The Balaban J connectivity index is 1.88. The molecule has 1 aliphatic carbocycles. The van der Waals surface area contributed by atoms with E-state index in [1.54, 1.807) is 0 Å². The average molecular weight is 169 g/mol. The first-order valence-corrected chi connectivity index (χ1v) is 4.77. The molecule has 0 aromatic rings. The number of amides is 1. The van der Waals surface area contributed by atoms with Crippen LogP contribution in [0.15, 0.2) is 0 Å². The van der Waals surface area contributed by atoms with E-state index in [2.05, 4.69) is 5.32 Å². The number of aliphatic hydroxyl groups excluding tert-OH is 1. The Hall–Kier alpha value is -0.570. The first kappa shape index (κ1) is 8.05. The lowest BCUT2D eigenvalue weighted by Gasteiger charge is -2.40. The molecule has 2 rings (SSSR count). The van der Waals surface area contributed by atoms with Crippen LogP contribution in [0.2, 0.25) is 0 Å². The van der Waals surface area contributed by atoms with Crippen LogP contribution in [-0.4, -0.2) is 23.2 Å². The van der Waals surface area contributed by atoms with Gasteiger partial charge >= 0.3 is 0 Å². The van der Waals surface area contributed by atoms with Gasteiger partial charge < -0.3 is 10.4 Å². The van der Waals surface area contributed by atoms with Crippen LogP contribution < -0.4 is 5.32 Å². The zero-order valence-electron chi connectivity index (χ0n) is 7.12. The molecule has 0 unspecified atom stereocenters. The van der Waals surface area contributed by atoms with Gasteiger partial charge in [-0.1, -0.05) is 19.3 Å². The predicted octanol–water partition coefficient (Wildman–Crippen LogP) is 0.426. The summed E-state index contributed by atoms with van der Waals surface area (Å²) in [6.45, 7) is 0. The summed E-state index contributed by atoms with van der Waals surface area (Å²) in [5.74, 6) is 0.344. The Morgan fingerprint density at radius 2 is 1.92 bits per heavy atom. The first-order valence-electron chi connectivity index (χ1n) is 4.77. The molecule has 68 valence electrons. The highest BCUT2D eigenvalue weighted by Crippen LogP contribution is 2.30. The topological polar surface area (TPSA) is 49.3 Å². The van der Waals surface area contributed by atoms with Crippen molar-refractivity contribution in [2.24, 2.45) is 5.92 Å². The van der Waals surface area contributed by atoms with Crippen LogP contribution in [0.1, 0.15) is 32.1 Å². The van der Waals surface area contributed by atoms with E-state index in [1.165, 1.54) is 32.1 Å². The number of carbonyl (C=O) groups excluding carboxylic acids is 1. The predicted molar refractivity (Wildman–Crippen MR) is 44.5 cm³/mol. The van der Waals surface area contributed by atoms with Crippen molar-refractivity contribution in [1.82, 2.24) is 5.32 Å². The van der Waals surface area contributed by atoms with Crippen LogP contribution in [0.4, 0.5) is 0 Å². The van der Waals surface area contributed by atoms with Crippen molar-refractivity contribution in [2.75, 3.05) is 0 Å². The largest absolute Gasteiger partial charge is 0.381 e. The Kier molecular flexibility index (Phi) is 2.05. The molecule has 12 heavy (non-hydrogen) atoms. The molecule has 1 heterocycles. The van der Waals surface area contributed by atoms with Crippen molar-refractivity contribution in [3.63, 3.8) is 0 Å². The Morgan fingerprint density at radius 3 is 2.42 bits per heavy atom. The van der Waals surface area contributed by atoms with Gasteiger partial charge in [-0.25, -0.2) is 0 Å². The monoisotopic (exact) mass is 169 g/mol. The number of rotatable bonds is 1. The lowest BCUT2D eigenvalue weighted by molar-refractivity contribution is -0.145. The van der Waals surface area contributed by atoms with Gasteiger partial charge in [-0.05, 0) is 18.8 Å². The van der Waals surface area contributed by atoms with Crippen LogP contribution in [0.25, 0.3) is 0 Å². The number of aliphatic hydroxyl groups is 1. The quantitative estimate of drug-likeness (QED) is 0.559. The molecule has 3 nitrogen and oxygen atoms in total. The summed E-state index contributed by atoms with van der Waals surface area (Å²) in [6.07, 6.45) is 5.44. The van der Waals surface area contributed by atoms with E-state index in [-0.39, 0.29) is 11.9 Å². The molecule has 1 saturated heterocycles. The fourth-order valence-electron chi connectivity index (χ4n) is 2.26. The standard InChI is InChI=1S/C9H15NO2/c11-8-7(10-9(8)12)6-4-2-1-3-5-6/h6-8,11H,1-5H2,(H,10,12)/t7-,8+/m0/s1. The Labute approximate surface area is 72.2 Å². The van der Waals surface area contributed by atoms with Gasteiger partial charge in [-0.3, -0.25) is 4.79 Å². The molecule has 0 radical (unpaired) electrons. The smallest absolute Gasteiger partial charge is 0.251 e. The van der Waals surface area contributed by atoms with Gasteiger partial charge in [0.2, 0.25) is 0 Å². The van der Waals surface area contributed by atoms with Gasteiger partial charge in [0.25, 0.3) is 5.91 Å². The van der Waals surface area contributed by atoms with Crippen LogP contribution in [0.5, 0.6) is 0 Å². The van der Waals surface area contributed by atoms with Gasteiger partial charge in [0, 0.05) is 0 Å². The third-order valence-electron chi connectivity index (χ3n) is 3.08. The molecule has 1 saturated carbocycles. The van der Waals surface area contributed by atoms with Crippen molar-refractivity contribution in [1.29, 1.82) is 0 Å². The minimum atomic E-state index is -0.715. The maximum absolute atomic E-state index is 10.7. The Bertz CT molecular complexity index is 187. The minimum Gasteiger partial charge on any atom is -0.381 e. The molecule has 0 aromatic heterocycles. The van der Waals surface area contributed by atoms with E-state index in [4.69, 9.17) is 0 Å². The zero-order valence-corrected chi connectivity index (χ0v) is 7.12. The van der Waals surface area contributed by atoms with E-state index in [1.807, 2.05) is 0 Å². The number of nitrogens with one attached hydrogen (secondary N) is 1. The van der Waals surface area contributed by atoms with E-state index in [0.29, 0.717) is 5.92 Å². The highest BCUT2D eigenvalue weighted by Gasteiger charge is 2.42. The molecule has 1 amide bonds. The fourth-order valence-corrected chi connectivity index (χ4v) is 2.26. The fraction of sp³-hybridized carbons (Fsp3) is 0.889. The van der Waals surface area contributed by atoms with Crippen molar-refractivity contribution in [3.05, 3.63) is 0 Å². The Morgan fingerprint density at radius 1 is 1.25 bits per heavy atom. The van der Waals surface area contributed by atoms with E-state index in [9.17, 15) is 9.90 Å². The van der Waals surface area contributed by atoms with Gasteiger partial charge in [0.05, 0.1) is 6.04 Å². The molecule has 3 heteroatoms. The second kappa shape index (κ2) is 3.05. The van der Waals surface area contributed by atoms with Crippen LogP contribution >= 0.6 is 0 Å². The summed E-state index contributed by atoms with van der Waals surface area (Å²) in [4.78, 5) is 10.7. The molecule has 0 aromatic carbocycles. The third kappa shape index (κ3) is 1.22. The minimum absolute atomic E-state index is 0.0674. The molecule has 0 spiro atoms. The van der Waals surface area contributed by atoms with Gasteiger partial charge in [0.1, 0.15) is 0 Å². The summed E-state index contributed by atoms with van der Waals surface area (Å²) in [6, 6.07) is 0.0674. The lowest BCUT2D eigenvalue weighted by atomic mass is 9.78. The maximum Gasteiger partial charge on any atom is 0.251 e. The SMILES string of the molecule is O=C1N[C@@H](C2CCCCC2)[C@H]1O. The summed E-state index contributed by atoms with van der Waals surface area (Å²) in [7, 11) is 0. The third-order valence-corrected chi connectivity index (χ3v) is 3.08. The highest BCUT2D eigenvalue weighted by molar-refractivity contribution is 5.87. The first-order chi connectivity index (χ1) is 5.79. The zero-order chi connectivity index (χ0) is 8.55. The number of β-lactam (4-membered cyclic amide) rings is 1.